The molecular weight excluding hydrogens is 659 g/mol. The van der Waals surface area contributed by atoms with Crippen LogP contribution in [0.4, 0.5) is 20.7 Å². The van der Waals surface area contributed by atoms with Crippen LogP contribution < -0.4 is 35.5 Å². The number of nitrogens with zero attached hydrogens (tertiary/aromatic N) is 2. The van der Waals surface area contributed by atoms with Crippen LogP contribution in [-0.4, -0.2) is 65.3 Å². The van der Waals surface area contributed by atoms with Crippen LogP contribution in [0.15, 0.2) is 60.9 Å². The predicted molar refractivity (Wildman–Crippen MR) is 184 cm³/mol. The number of nitrogens with one attached hydrogen (secondary N) is 4. The van der Waals surface area contributed by atoms with Gasteiger partial charge in [0.1, 0.15) is 36.9 Å². The fraction of sp³-hybridized carbons (Fsp3) is 0.353. The zero-order chi connectivity index (χ0) is 33.5. The molecule has 3 atom stereocenters. The number of fused-ring (bicyclic) bond motifs is 2. The average molecular weight is 695 g/mol. The summed E-state index contributed by atoms with van der Waals surface area (Å²) in [6.45, 7) is 0.754. The molecule has 14 heteroatoms. The van der Waals surface area contributed by atoms with Gasteiger partial charge in [-0.15, -0.1) is 0 Å². The molecule has 2 saturated heterocycles. The molecule has 3 aromatic carbocycles. The molecule has 0 spiro atoms. The molecule has 4 aromatic rings. The van der Waals surface area contributed by atoms with Crippen molar-refractivity contribution >= 4 is 57.7 Å². The van der Waals surface area contributed by atoms with Crippen molar-refractivity contribution in [3.8, 4) is 17.2 Å². The van der Waals surface area contributed by atoms with Gasteiger partial charge in [-0.1, -0.05) is 30.2 Å². The number of unbranched alkanes of at least 4 members (excludes halogenated alkanes) is 1. The van der Waals surface area contributed by atoms with E-state index in [1.807, 2.05) is 11.8 Å². The van der Waals surface area contributed by atoms with Crippen LogP contribution in [0.1, 0.15) is 31.2 Å². The third-order valence-corrected chi connectivity index (χ3v) is 9.97. The van der Waals surface area contributed by atoms with Crippen molar-refractivity contribution in [1.29, 1.82) is 0 Å². The molecule has 0 bridgehead atoms. The zero-order valence-corrected chi connectivity index (χ0v) is 27.8. The minimum atomic E-state index is -0.327. The number of anilines is 2. The molecular formula is C34H36ClFN6O5S. The van der Waals surface area contributed by atoms with Gasteiger partial charge in [0.15, 0.2) is 11.5 Å². The van der Waals surface area contributed by atoms with Gasteiger partial charge in [-0.2, -0.15) is 11.8 Å². The van der Waals surface area contributed by atoms with Crippen molar-refractivity contribution in [2.75, 3.05) is 31.3 Å². The standard InChI is InChI=1S/C34H36ClFN6O5S/c1-45-28-16-25-23(15-29(28)46-12-11-37-31(43)8-3-2-7-30-32-26(18-48-30)41-34(44)42-32)33(39-19-38-25)40-22-9-10-27(24(35)14-22)47-17-20-5-4-6-21(36)13-20/h4-6,9-10,13-16,19,26,30,32H,2-3,7-8,11-12,17-18H2,1H3,(H,37,43)(H,38,39,40)(H2,41,42,44). The number of halogens is 2. The molecule has 3 amide bonds. The van der Waals surface area contributed by atoms with Gasteiger partial charge in [-0.05, 0) is 54.8 Å². The number of aromatic nitrogens is 2. The first-order valence-corrected chi connectivity index (χ1v) is 17.1. The summed E-state index contributed by atoms with van der Waals surface area (Å²) < 4.78 is 30.8. The van der Waals surface area contributed by atoms with Gasteiger partial charge >= 0.3 is 6.03 Å². The molecule has 6 rings (SSSR count). The number of carbonyl (C=O) groups excluding carboxylic acids is 2. The number of urea groups is 1. The van der Waals surface area contributed by atoms with Crippen LogP contribution in [0.2, 0.25) is 5.02 Å². The first kappa shape index (κ1) is 33.4. The molecule has 2 fully saturated rings. The summed E-state index contributed by atoms with van der Waals surface area (Å²) >= 11 is 8.38. The Labute approximate surface area is 286 Å². The smallest absolute Gasteiger partial charge is 0.315 e. The Kier molecular flexibility index (Phi) is 10.9. The number of ether oxygens (including phenoxy) is 3. The second kappa shape index (κ2) is 15.6. The fourth-order valence-electron chi connectivity index (χ4n) is 5.77. The summed E-state index contributed by atoms with van der Waals surface area (Å²) in [5, 5.41) is 13.6. The van der Waals surface area contributed by atoms with E-state index in [9.17, 15) is 14.0 Å². The highest BCUT2D eigenvalue weighted by Crippen LogP contribution is 2.36. The van der Waals surface area contributed by atoms with E-state index in [0.29, 0.717) is 68.5 Å². The molecule has 1 aromatic heterocycles. The average Bonchev–Trinajstić information content (AvgIpc) is 3.63. The lowest BCUT2D eigenvalue weighted by Gasteiger charge is -2.16. The van der Waals surface area contributed by atoms with Crippen LogP contribution in [0, 0.1) is 5.82 Å². The van der Waals surface area contributed by atoms with E-state index in [1.54, 1.807) is 49.6 Å². The van der Waals surface area contributed by atoms with Crippen LogP contribution in [0.3, 0.4) is 0 Å². The van der Waals surface area contributed by atoms with E-state index < -0.39 is 0 Å². The summed E-state index contributed by atoms with van der Waals surface area (Å²) in [5.41, 5.74) is 2.01. The van der Waals surface area contributed by atoms with Crippen LogP contribution in [0.25, 0.3) is 10.9 Å². The Hall–Kier alpha value is -4.49. The first-order valence-electron chi connectivity index (χ1n) is 15.7. The molecule has 0 radical (unpaired) electrons. The molecule has 48 heavy (non-hydrogen) atoms. The molecule has 3 unspecified atom stereocenters. The Balaban J connectivity index is 0.995. The van der Waals surface area contributed by atoms with E-state index in [0.717, 1.165) is 25.0 Å². The third kappa shape index (κ3) is 8.32. The summed E-state index contributed by atoms with van der Waals surface area (Å²) in [6, 6.07) is 15.3. The van der Waals surface area contributed by atoms with Crippen molar-refractivity contribution in [2.45, 2.75) is 49.6 Å². The third-order valence-electron chi connectivity index (χ3n) is 8.16. The number of rotatable bonds is 15. The van der Waals surface area contributed by atoms with E-state index in [4.69, 9.17) is 25.8 Å². The highest BCUT2D eigenvalue weighted by Gasteiger charge is 2.42. The van der Waals surface area contributed by atoms with Crippen molar-refractivity contribution in [1.82, 2.24) is 25.9 Å². The minimum absolute atomic E-state index is 0.0270. The number of thioether (sulfide) groups is 1. The first-order chi connectivity index (χ1) is 23.4. The largest absolute Gasteiger partial charge is 0.493 e. The topological polar surface area (TPSA) is 136 Å². The summed E-state index contributed by atoms with van der Waals surface area (Å²) in [6.07, 6.45) is 4.56. The monoisotopic (exact) mass is 694 g/mol. The van der Waals surface area contributed by atoms with Crippen LogP contribution in [-0.2, 0) is 11.4 Å². The maximum absolute atomic E-state index is 13.5. The van der Waals surface area contributed by atoms with Gasteiger partial charge in [-0.3, -0.25) is 4.79 Å². The predicted octanol–water partition coefficient (Wildman–Crippen LogP) is 5.97. The van der Waals surface area contributed by atoms with Gasteiger partial charge < -0.3 is 35.5 Å². The van der Waals surface area contributed by atoms with E-state index in [2.05, 4.69) is 31.2 Å². The Morgan fingerprint density at radius 3 is 2.79 bits per heavy atom. The number of methoxy groups -OCH3 is 1. The molecule has 4 N–H and O–H groups in total. The number of carbonyl (C=O) groups is 2. The Morgan fingerprint density at radius 2 is 1.96 bits per heavy atom. The van der Waals surface area contributed by atoms with Crippen LogP contribution in [0.5, 0.6) is 17.2 Å². The van der Waals surface area contributed by atoms with Gasteiger partial charge in [-0.25, -0.2) is 19.2 Å². The van der Waals surface area contributed by atoms with E-state index in [-0.39, 0.29) is 43.1 Å². The zero-order valence-electron chi connectivity index (χ0n) is 26.3. The molecule has 252 valence electrons. The van der Waals surface area contributed by atoms with E-state index in [1.165, 1.54) is 18.5 Å². The number of hydrogen-bond donors (Lipinski definition) is 4. The van der Waals surface area contributed by atoms with E-state index >= 15 is 0 Å². The summed E-state index contributed by atoms with van der Waals surface area (Å²) in [7, 11) is 1.55. The second-order valence-electron chi connectivity index (χ2n) is 11.5. The SMILES string of the molecule is COc1cc2ncnc(Nc3ccc(OCc4cccc(F)c4)c(Cl)c3)c2cc1OCCNC(=O)CCCCC1SCC2NC(=O)NC21. The van der Waals surface area contributed by atoms with Crippen LogP contribution >= 0.6 is 23.4 Å². The lowest BCUT2D eigenvalue weighted by Crippen LogP contribution is -2.36. The normalized spacial score (nSPS) is 18.1. The van der Waals surface area contributed by atoms with Gasteiger partial charge in [0.2, 0.25) is 5.91 Å². The van der Waals surface area contributed by atoms with Crippen molar-refractivity contribution in [3.63, 3.8) is 0 Å². The lowest BCUT2D eigenvalue weighted by molar-refractivity contribution is -0.121. The number of amides is 3. The second-order valence-corrected chi connectivity index (χ2v) is 13.2. The molecule has 2 aliphatic rings. The lowest BCUT2D eigenvalue weighted by atomic mass is 10.0. The summed E-state index contributed by atoms with van der Waals surface area (Å²) in [5.74, 6) is 2.56. The maximum atomic E-state index is 13.5. The van der Waals surface area contributed by atoms with Gasteiger partial charge in [0.05, 0.1) is 36.3 Å². The molecule has 2 aliphatic heterocycles. The number of hydrogen-bond acceptors (Lipinski definition) is 9. The Bertz CT molecular complexity index is 1780. The highest BCUT2D eigenvalue weighted by atomic mass is 35.5. The minimum Gasteiger partial charge on any atom is -0.493 e. The molecule has 0 saturated carbocycles. The fourth-order valence-corrected chi connectivity index (χ4v) is 7.55. The number of benzene rings is 3. The molecule has 3 heterocycles. The van der Waals surface area contributed by atoms with Crippen molar-refractivity contribution in [2.24, 2.45) is 0 Å². The summed E-state index contributed by atoms with van der Waals surface area (Å²) in [4.78, 5) is 32.8. The van der Waals surface area contributed by atoms with Crippen molar-refractivity contribution < 1.29 is 28.2 Å². The van der Waals surface area contributed by atoms with Gasteiger partial charge in [0.25, 0.3) is 0 Å². The van der Waals surface area contributed by atoms with Crippen molar-refractivity contribution in [3.05, 3.63) is 77.3 Å². The maximum Gasteiger partial charge on any atom is 0.315 e. The van der Waals surface area contributed by atoms with Gasteiger partial charge in [0, 0.05) is 34.6 Å². The highest BCUT2D eigenvalue weighted by molar-refractivity contribution is 8.00. The quantitative estimate of drug-likeness (QED) is 0.0876. The molecule has 11 nitrogen and oxygen atoms in total. The molecule has 0 aliphatic carbocycles. The Morgan fingerprint density at radius 1 is 1.06 bits per heavy atom.